The first-order valence-electron chi connectivity index (χ1n) is 10.7. The molecule has 0 aliphatic carbocycles. The van der Waals surface area contributed by atoms with E-state index in [0.717, 1.165) is 43.6 Å². The second kappa shape index (κ2) is 11.0. The van der Waals surface area contributed by atoms with Gasteiger partial charge in [0.05, 0.1) is 24.1 Å². The number of nitrogens with zero attached hydrogens (tertiary/aromatic N) is 6. The molecule has 33 heavy (non-hydrogen) atoms. The van der Waals surface area contributed by atoms with Crippen molar-refractivity contribution < 1.29 is 8.78 Å². The van der Waals surface area contributed by atoms with Crippen molar-refractivity contribution in [2.24, 2.45) is 22.7 Å². The average molecular weight is 461 g/mol. The number of hydrogen-bond donors (Lipinski definition) is 4. The number of nitrogen functional groups attached to an aromatic ring is 1. The minimum absolute atomic E-state index is 0.00964. The van der Waals surface area contributed by atoms with E-state index in [2.05, 4.69) is 25.5 Å². The van der Waals surface area contributed by atoms with Crippen molar-refractivity contribution in [3.05, 3.63) is 48.1 Å². The van der Waals surface area contributed by atoms with E-state index in [1.807, 2.05) is 10.9 Å². The number of hydrazone groups is 1. The Morgan fingerprint density at radius 2 is 2.21 bits per heavy atom. The lowest BCUT2D eigenvalue weighted by Gasteiger charge is -2.25. The smallest absolute Gasteiger partial charge is 0.192 e. The van der Waals surface area contributed by atoms with Gasteiger partial charge in [-0.15, -0.1) is 0 Å². The van der Waals surface area contributed by atoms with Crippen molar-refractivity contribution in [2.75, 3.05) is 18.8 Å². The third kappa shape index (κ3) is 5.71. The van der Waals surface area contributed by atoms with Gasteiger partial charge in [0.15, 0.2) is 29.0 Å². The van der Waals surface area contributed by atoms with Crippen molar-refractivity contribution in [3.8, 4) is 11.3 Å². The number of halogens is 2. The summed E-state index contributed by atoms with van der Waals surface area (Å²) in [4.78, 5) is 8.64. The van der Waals surface area contributed by atoms with Crippen LogP contribution >= 0.6 is 0 Å². The Kier molecular flexibility index (Phi) is 8.06. The van der Waals surface area contributed by atoms with Gasteiger partial charge in [-0.05, 0) is 51.8 Å². The molecular formula is C21H30F2N10. The quantitative estimate of drug-likeness (QED) is 0.161. The standard InChI is InChI=1S/C21H30F2N10/c1-3-5-16(22)18(23)13(2)33(26)21(31-25)19-20(24)28-10-17(30-19)15-9-29-32(12-15)11-14-6-4-7-27-8-14/h3,5,9-10,12-14,27H,4,6-8,11,25-26H2,1-2H3,(H2,24,28)/b5-3-,18-16-,31-21-. The largest absolute Gasteiger partial charge is 0.382 e. The van der Waals surface area contributed by atoms with Crippen LogP contribution in [0.15, 0.2) is 47.5 Å². The minimum Gasteiger partial charge on any atom is -0.382 e. The lowest BCUT2D eigenvalue weighted by atomic mass is 10.00. The van der Waals surface area contributed by atoms with Gasteiger partial charge in [-0.2, -0.15) is 10.2 Å². The predicted octanol–water partition coefficient (Wildman–Crippen LogP) is 1.83. The van der Waals surface area contributed by atoms with Gasteiger partial charge in [-0.3, -0.25) is 9.69 Å². The summed E-state index contributed by atoms with van der Waals surface area (Å²) in [5.74, 6) is 9.76. The molecule has 7 N–H and O–H groups in total. The molecule has 2 atom stereocenters. The summed E-state index contributed by atoms with van der Waals surface area (Å²) in [5.41, 5.74) is 7.21. The Labute approximate surface area is 191 Å². The van der Waals surface area contributed by atoms with Gasteiger partial charge in [0.2, 0.25) is 0 Å². The number of rotatable bonds is 7. The molecule has 12 heteroatoms. The first-order chi connectivity index (χ1) is 15.8. The minimum atomic E-state index is -1.22. The summed E-state index contributed by atoms with van der Waals surface area (Å²) in [6, 6.07) is -1.22. The molecular weight excluding hydrogens is 430 g/mol. The van der Waals surface area contributed by atoms with Gasteiger partial charge in [0, 0.05) is 18.3 Å². The van der Waals surface area contributed by atoms with Crippen LogP contribution in [0.4, 0.5) is 14.6 Å². The van der Waals surface area contributed by atoms with Gasteiger partial charge < -0.3 is 16.9 Å². The fourth-order valence-corrected chi connectivity index (χ4v) is 3.62. The first kappa shape index (κ1) is 24.3. The zero-order valence-electron chi connectivity index (χ0n) is 18.7. The number of anilines is 1. The van der Waals surface area contributed by atoms with Crippen LogP contribution in [-0.4, -0.2) is 49.7 Å². The average Bonchev–Trinajstić information content (AvgIpc) is 3.28. The number of aromatic nitrogens is 4. The van der Waals surface area contributed by atoms with Crippen LogP contribution in [0.25, 0.3) is 11.3 Å². The fourth-order valence-electron chi connectivity index (χ4n) is 3.62. The second-order valence-corrected chi connectivity index (χ2v) is 7.88. The van der Waals surface area contributed by atoms with E-state index in [1.165, 1.54) is 19.2 Å². The van der Waals surface area contributed by atoms with Crippen LogP contribution in [0.2, 0.25) is 0 Å². The summed E-state index contributed by atoms with van der Waals surface area (Å²) in [5, 5.41) is 12.3. The third-order valence-electron chi connectivity index (χ3n) is 5.48. The third-order valence-corrected chi connectivity index (χ3v) is 5.48. The van der Waals surface area contributed by atoms with E-state index in [-0.39, 0.29) is 17.3 Å². The number of hydrazine groups is 1. The van der Waals surface area contributed by atoms with Crippen molar-refractivity contribution >= 4 is 11.7 Å². The van der Waals surface area contributed by atoms with Gasteiger partial charge in [-0.1, -0.05) is 6.08 Å². The second-order valence-electron chi connectivity index (χ2n) is 7.88. The normalized spacial score (nSPS) is 18.9. The molecule has 0 bridgehead atoms. The highest BCUT2D eigenvalue weighted by Gasteiger charge is 2.26. The van der Waals surface area contributed by atoms with Crippen LogP contribution in [0, 0.1) is 5.92 Å². The highest BCUT2D eigenvalue weighted by Crippen LogP contribution is 2.22. The van der Waals surface area contributed by atoms with Crippen LogP contribution in [-0.2, 0) is 6.54 Å². The topological polar surface area (TPSA) is 149 Å². The Bertz CT molecular complexity index is 1040. The molecule has 10 nitrogen and oxygen atoms in total. The molecule has 1 saturated heterocycles. The Hall–Kier alpha value is -3.38. The highest BCUT2D eigenvalue weighted by atomic mass is 19.2. The SMILES string of the molecule is C/C=C\C(F)=C(\F)C(C)N(N)/C(=N\N)c1nc(-c2cnn(CC3CCCNC3)c2)cnc1N. The summed E-state index contributed by atoms with van der Waals surface area (Å²) < 4.78 is 30.2. The number of hydrogen-bond acceptors (Lipinski definition) is 8. The Morgan fingerprint density at radius 1 is 1.42 bits per heavy atom. The van der Waals surface area contributed by atoms with Gasteiger partial charge >= 0.3 is 0 Å². The van der Waals surface area contributed by atoms with Crippen molar-refractivity contribution in [3.63, 3.8) is 0 Å². The van der Waals surface area contributed by atoms with Crippen LogP contribution in [0.1, 0.15) is 32.4 Å². The molecule has 2 unspecified atom stereocenters. The first-order valence-corrected chi connectivity index (χ1v) is 10.7. The number of piperidine rings is 1. The van der Waals surface area contributed by atoms with E-state index in [1.54, 1.807) is 13.1 Å². The molecule has 2 aromatic rings. The Morgan fingerprint density at radius 3 is 2.88 bits per heavy atom. The van der Waals surface area contributed by atoms with Crippen molar-refractivity contribution in [1.29, 1.82) is 0 Å². The molecule has 1 aliphatic rings. The lowest BCUT2D eigenvalue weighted by molar-refractivity contribution is 0.322. The Balaban J connectivity index is 1.85. The predicted molar refractivity (Wildman–Crippen MR) is 124 cm³/mol. The maximum atomic E-state index is 14.4. The zero-order valence-corrected chi connectivity index (χ0v) is 18.7. The lowest BCUT2D eigenvalue weighted by Crippen LogP contribution is -2.46. The number of nitrogens with two attached hydrogens (primary N) is 3. The number of amidine groups is 1. The van der Waals surface area contributed by atoms with Crippen LogP contribution < -0.4 is 22.7 Å². The van der Waals surface area contributed by atoms with E-state index in [4.69, 9.17) is 17.4 Å². The zero-order chi connectivity index (χ0) is 24.0. The maximum Gasteiger partial charge on any atom is 0.192 e. The molecule has 0 aromatic carbocycles. The molecule has 178 valence electrons. The van der Waals surface area contributed by atoms with E-state index < -0.39 is 17.7 Å². The van der Waals surface area contributed by atoms with Gasteiger partial charge in [-0.25, -0.2) is 24.6 Å². The molecule has 0 saturated carbocycles. The summed E-state index contributed by atoms with van der Waals surface area (Å²) in [6.07, 6.45) is 9.70. The molecule has 3 rings (SSSR count). The molecule has 0 amide bonds. The summed E-state index contributed by atoms with van der Waals surface area (Å²) in [7, 11) is 0. The summed E-state index contributed by atoms with van der Waals surface area (Å²) in [6.45, 7) is 5.73. The highest BCUT2D eigenvalue weighted by molar-refractivity contribution is 6.00. The molecule has 0 spiro atoms. The van der Waals surface area contributed by atoms with E-state index in [9.17, 15) is 8.78 Å². The molecule has 3 heterocycles. The van der Waals surface area contributed by atoms with Gasteiger partial charge in [0.1, 0.15) is 0 Å². The monoisotopic (exact) mass is 460 g/mol. The summed E-state index contributed by atoms with van der Waals surface area (Å²) >= 11 is 0. The van der Waals surface area contributed by atoms with Crippen molar-refractivity contribution in [2.45, 2.75) is 39.3 Å². The molecule has 2 aromatic heterocycles. The fraction of sp³-hybridized carbons (Fsp3) is 0.429. The van der Waals surface area contributed by atoms with Gasteiger partial charge in [0.25, 0.3) is 0 Å². The number of allylic oxidation sites excluding steroid dienone is 3. The van der Waals surface area contributed by atoms with E-state index in [0.29, 0.717) is 17.2 Å². The number of nitrogens with one attached hydrogen (secondary N) is 1. The molecule has 1 fully saturated rings. The molecule has 1 aliphatic heterocycles. The van der Waals surface area contributed by atoms with Crippen molar-refractivity contribution in [1.82, 2.24) is 30.1 Å². The van der Waals surface area contributed by atoms with Crippen LogP contribution in [0.5, 0.6) is 0 Å². The van der Waals surface area contributed by atoms with Crippen LogP contribution in [0.3, 0.4) is 0 Å². The molecule has 0 radical (unpaired) electrons. The maximum absolute atomic E-state index is 14.4. The van der Waals surface area contributed by atoms with E-state index >= 15 is 0 Å².